The van der Waals surface area contributed by atoms with Crippen molar-refractivity contribution in [1.82, 2.24) is 20.3 Å². The van der Waals surface area contributed by atoms with Crippen molar-refractivity contribution in [3.63, 3.8) is 0 Å². The van der Waals surface area contributed by atoms with Crippen molar-refractivity contribution in [2.24, 2.45) is 0 Å². The summed E-state index contributed by atoms with van der Waals surface area (Å²) in [5.74, 6) is 3.00. The molecular formula is C24H32N6O. The number of rotatable bonds is 12. The SMILES string of the molecule is CNCCCNc1ccc(-c2cc(NCCC(C)c3ccccc3OC)ncn2)cn1. The molecule has 2 heterocycles. The first-order valence-electron chi connectivity index (χ1n) is 10.7. The number of methoxy groups -OCH3 is 1. The van der Waals surface area contributed by atoms with Gasteiger partial charge in [0.1, 0.15) is 23.7 Å². The Balaban J connectivity index is 1.54. The van der Waals surface area contributed by atoms with Crippen molar-refractivity contribution in [1.29, 1.82) is 0 Å². The van der Waals surface area contributed by atoms with Crippen LogP contribution in [0.2, 0.25) is 0 Å². The number of anilines is 2. The van der Waals surface area contributed by atoms with Gasteiger partial charge in [0.25, 0.3) is 0 Å². The molecule has 0 aliphatic rings. The molecule has 3 N–H and O–H groups in total. The fourth-order valence-electron chi connectivity index (χ4n) is 3.39. The van der Waals surface area contributed by atoms with Gasteiger partial charge in [0.15, 0.2) is 0 Å². The molecule has 0 radical (unpaired) electrons. The van der Waals surface area contributed by atoms with Crippen LogP contribution in [0.25, 0.3) is 11.3 Å². The second-order valence-electron chi connectivity index (χ2n) is 7.46. The molecule has 164 valence electrons. The fourth-order valence-corrected chi connectivity index (χ4v) is 3.39. The van der Waals surface area contributed by atoms with E-state index in [4.69, 9.17) is 4.74 Å². The van der Waals surface area contributed by atoms with Gasteiger partial charge in [0.2, 0.25) is 0 Å². The smallest absolute Gasteiger partial charge is 0.129 e. The minimum absolute atomic E-state index is 0.377. The van der Waals surface area contributed by atoms with Crippen molar-refractivity contribution < 1.29 is 4.74 Å². The van der Waals surface area contributed by atoms with Crippen LogP contribution < -0.4 is 20.7 Å². The molecule has 3 aromatic rings. The third-order valence-corrected chi connectivity index (χ3v) is 5.19. The fraction of sp³-hybridized carbons (Fsp3) is 0.375. The monoisotopic (exact) mass is 420 g/mol. The second kappa shape index (κ2) is 11.9. The van der Waals surface area contributed by atoms with Gasteiger partial charge >= 0.3 is 0 Å². The van der Waals surface area contributed by atoms with E-state index in [0.717, 1.165) is 61.1 Å². The Morgan fingerprint density at radius 1 is 0.935 bits per heavy atom. The molecule has 0 saturated heterocycles. The van der Waals surface area contributed by atoms with E-state index in [1.54, 1.807) is 13.4 Å². The van der Waals surface area contributed by atoms with Crippen LogP contribution in [0, 0.1) is 0 Å². The molecule has 7 heteroatoms. The van der Waals surface area contributed by atoms with Gasteiger partial charge in [-0.25, -0.2) is 15.0 Å². The molecule has 0 amide bonds. The third-order valence-electron chi connectivity index (χ3n) is 5.19. The number of hydrogen-bond acceptors (Lipinski definition) is 7. The summed E-state index contributed by atoms with van der Waals surface area (Å²) >= 11 is 0. The summed E-state index contributed by atoms with van der Waals surface area (Å²) in [6.45, 7) is 4.90. The molecule has 0 bridgehead atoms. The predicted molar refractivity (Wildman–Crippen MR) is 127 cm³/mol. The minimum Gasteiger partial charge on any atom is -0.496 e. The summed E-state index contributed by atoms with van der Waals surface area (Å²) in [6, 6.07) is 14.2. The lowest BCUT2D eigenvalue weighted by atomic mass is 9.97. The predicted octanol–water partition coefficient (Wildman–Crippen LogP) is 4.17. The number of nitrogens with zero attached hydrogens (tertiary/aromatic N) is 3. The van der Waals surface area contributed by atoms with E-state index in [0.29, 0.717) is 5.92 Å². The number of aromatic nitrogens is 3. The number of pyridine rings is 1. The van der Waals surface area contributed by atoms with E-state index in [2.05, 4.69) is 50.0 Å². The van der Waals surface area contributed by atoms with Gasteiger partial charge in [0, 0.05) is 30.9 Å². The van der Waals surface area contributed by atoms with Gasteiger partial charge in [-0.2, -0.15) is 0 Å². The lowest BCUT2D eigenvalue weighted by molar-refractivity contribution is 0.405. The first kappa shape index (κ1) is 22.5. The van der Waals surface area contributed by atoms with E-state index in [-0.39, 0.29) is 0 Å². The molecular weight excluding hydrogens is 388 g/mol. The Hall–Kier alpha value is -3.19. The van der Waals surface area contributed by atoms with Crippen LogP contribution >= 0.6 is 0 Å². The lowest BCUT2D eigenvalue weighted by Gasteiger charge is -2.16. The average molecular weight is 421 g/mol. The Morgan fingerprint density at radius 3 is 2.55 bits per heavy atom. The van der Waals surface area contributed by atoms with E-state index in [9.17, 15) is 0 Å². The topological polar surface area (TPSA) is 84.0 Å². The zero-order valence-electron chi connectivity index (χ0n) is 18.6. The van der Waals surface area contributed by atoms with Crippen molar-refractivity contribution in [3.8, 4) is 17.0 Å². The van der Waals surface area contributed by atoms with Gasteiger partial charge in [-0.05, 0) is 56.1 Å². The molecule has 0 spiro atoms. The molecule has 1 atom stereocenters. The molecule has 0 saturated carbocycles. The summed E-state index contributed by atoms with van der Waals surface area (Å²) in [5, 5.41) is 9.88. The minimum atomic E-state index is 0.377. The number of hydrogen-bond donors (Lipinski definition) is 3. The van der Waals surface area contributed by atoms with E-state index in [1.807, 2.05) is 43.6 Å². The summed E-state index contributed by atoms with van der Waals surface area (Å²) in [6.07, 6.45) is 5.45. The number of ether oxygens (including phenoxy) is 1. The molecule has 1 aromatic carbocycles. The van der Waals surface area contributed by atoms with Crippen LogP contribution in [-0.2, 0) is 0 Å². The van der Waals surface area contributed by atoms with E-state index < -0.39 is 0 Å². The molecule has 2 aromatic heterocycles. The Bertz CT molecular complexity index is 931. The van der Waals surface area contributed by atoms with Crippen molar-refractivity contribution in [2.45, 2.75) is 25.7 Å². The maximum absolute atomic E-state index is 5.48. The van der Waals surface area contributed by atoms with Crippen LogP contribution in [0.5, 0.6) is 5.75 Å². The zero-order chi connectivity index (χ0) is 21.9. The van der Waals surface area contributed by atoms with Gasteiger partial charge in [-0.1, -0.05) is 25.1 Å². The van der Waals surface area contributed by atoms with Crippen LogP contribution in [0.15, 0.2) is 55.0 Å². The van der Waals surface area contributed by atoms with Crippen molar-refractivity contribution in [2.75, 3.05) is 44.4 Å². The largest absolute Gasteiger partial charge is 0.496 e. The summed E-state index contributed by atoms with van der Waals surface area (Å²) in [7, 11) is 3.67. The third kappa shape index (κ3) is 6.65. The molecule has 7 nitrogen and oxygen atoms in total. The zero-order valence-corrected chi connectivity index (χ0v) is 18.6. The molecule has 0 aliphatic heterocycles. The quantitative estimate of drug-likeness (QED) is 0.379. The van der Waals surface area contributed by atoms with Crippen molar-refractivity contribution in [3.05, 3.63) is 60.6 Å². The van der Waals surface area contributed by atoms with Gasteiger partial charge in [0.05, 0.1) is 12.8 Å². The molecule has 0 fully saturated rings. The first-order valence-corrected chi connectivity index (χ1v) is 10.7. The van der Waals surface area contributed by atoms with Gasteiger partial charge in [-0.15, -0.1) is 0 Å². The van der Waals surface area contributed by atoms with Crippen LogP contribution in [0.3, 0.4) is 0 Å². The van der Waals surface area contributed by atoms with Crippen molar-refractivity contribution >= 4 is 11.6 Å². The average Bonchev–Trinajstić information content (AvgIpc) is 2.82. The second-order valence-corrected chi connectivity index (χ2v) is 7.46. The van der Waals surface area contributed by atoms with Crippen LogP contribution in [0.1, 0.15) is 31.2 Å². The highest BCUT2D eigenvalue weighted by atomic mass is 16.5. The van der Waals surface area contributed by atoms with E-state index >= 15 is 0 Å². The highest BCUT2D eigenvalue weighted by Crippen LogP contribution is 2.28. The van der Waals surface area contributed by atoms with Gasteiger partial charge in [-0.3, -0.25) is 0 Å². The molecule has 3 rings (SSSR count). The highest BCUT2D eigenvalue weighted by molar-refractivity contribution is 5.62. The summed E-state index contributed by atoms with van der Waals surface area (Å²) in [4.78, 5) is 13.3. The summed E-state index contributed by atoms with van der Waals surface area (Å²) in [5.41, 5.74) is 3.04. The highest BCUT2D eigenvalue weighted by Gasteiger charge is 2.11. The maximum atomic E-state index is 5.48. The maximum Gasteiger partial charge on any atom is 0.129 e. The molecule has 31 heavy (non-hydrogen) atoms. The normalized spacial score (nSPS) is 11.7. The Labute approximate surface area is 184 Å². The summed E-state index contributed by atoms with van der Waals surface area (Å²) < 4.78 is 5.48. The van der Waals surface area contributed by atoms with Crippen LogP contribution in [0.4, 0.5) is 11.6 Å². The number of para-hydroxylation sites is 1. The Kier molecular flexibility index (Phi) is 8.60. The molecule has 0 aliphatic carbocycles. The number of nitrogens with one attached hydrogen (secondary N) is 3. The first-order chi connectivity index (χ1) is 15.2. The van der Waals surface area contributed by atoms with Crippen LogP contribution in [-0.4, -0.2) is 48.7 Å². The standard InChI is InChI=1S/C24H32N6O/c1-18(20-7-4-5-8-22(20)31-3)11-14-27-24-15-21(29-17-30-24)19-9-10-23(28-16-19)26-13-6-12-25-2/h4-5,7-10,15-18,25H,6,11-14H2,1-3H3,(H,26,28)(H,27,29,30). The number of benzene rings is 1. The molecule has 1 unspecified atom stereocenters. The Morgan fingerprint density at radius 2 is 1.77 bits per heavy atom. The lowest BCUT2D eigenvalue weighted by Crippen LogP contribution is -2.13. The van der Waals surface area contributed by atoms with Gasteiger partial charge < -0.3 is 20.7 Å². The van der Waals surface area contributed by atoms with E-state index in [1.165, 1.54) is 5.56 Å².